The van der Waals surface area contributed by atoms with Gasteiger partial charge < -0.3 is 9.64 Å². The van der Waals surface area contributed by atoms with Crippen molar-refractivity contribution in [2.24, 2.45) is 0 Å². The summed E-state index contributed by atoms with van der Waals surface area (Å²) in [6, 6.07) is 4.15. The summed E-state index contributed by atoms with van der Waals surface area (Å²) in [5.41, 5.74) is -0.961. The molecule has 1 aromatic rings. The minimum absolute atomic E-state index is 0.0162. The van der Waals surface area contributed by atoms with Crippen LogP contribution >= 0.6 is 0 Å². The third-order valence-corrected chi connectivity index (χ3v) is 2.66. The first-order chi connectivity index (χ1) is 9.25. The van der Waals surface area contributed by atoms with Crippen molar-refractivity contribution in [2.75, 3.05) is 20.7 Å². The largest absolute Gasteiger partial charge is 0.469 e. The van der Waals surface area contributed by atoms with E-state index in [1.165, 1.54) is 31.2 Å². The molecule has 7 heteroatoms. The molecule has 0 spiro atoms. The van der Waals surface area contributed by atoms with Gasteiger partial charge in [-0.05, 0) is 18.2 Å². The van der Waals surface area contributed by atoms with Gasteiger partial charge in [0.1, 0.15) is 0 Å². The zero-order chi connectivity index (χ0) is 15.3. The highest BCUT2D eigenvalue weighted by Crippen LogP contribution is 2.29. The molecule has 110 valence electrons. The Labute approximate surface area is 114 Å². The lowest BCUT2D eigenvalue weighted by molar-refractivity contribution is -0.140. The number of hydrogen-bond acceptors (Lipinski definition) is 3. The SMILES string of the molecule is COC(=O)CCN(C)C(=O)c1cccc(C(F)(F)F)c1. The first-order valence-corrected chi connectivity index (χ1v) is 5.75. The van der Waals surface area contributed by atoms with Crippen LogP contribution < -0.4 is 0 Å². The second-order valence-electron chi connectivity index (χ2n) is 4.13. The predicted molar refractivity (Wildman–Crippen MR) is 65.0 cm³/mol. The van der Waals surface area contributed by atoms with Crippen molar-refractivity contribution in [3.05, 3.63) is 35.4 Å². The van der Waals surface area contributed by atoms with E-state index in [1.807, 2.05) is 0 Å². The number of halogens is 3. The fourth-order valence-electron chi connectivity index (χ4n) is 1.51. The van der Waals surface area contributed by atoms with E-state index in [4.69, 9.17) is 0 Å². The van der Waals surface area contributed by atoms with Crippen LogP contribution in [0.1, 0.15) is 22.3 Å². The van der Waals surface area contributed by atoms with Gasteiger partial charge >= 0.3 is 12.1 Å². The molecule has 0 aliphatic rings. The van der Waals surface area contributed by atoms with Gasteiger partial charge in [-0.1, -0.05) is 6.07 Å². The molecule has 4 nitrogen and oxygen atoms in total. The second-order valence-corrected chi connectivity index (χ2v) is 4.13. The van der Waals surface area contributed by atoms with Crippen molar-refractivity contribution in [1.82, 2.24) is 4.90 Å². The topological polar surface area (TPSA) is 46.6 Å². The molecule has 0 heterocycles. The Morgan fingerprint density at radius 1 is 1.30 bits per heavy atom. The lowest BCUT2D eigenvalue weighted by atomic mass is 10.1. The molecule has 0 aliphatic heterocycles. The van der Waals surface area contributed by atoms with Crippen molar-refractivity contribution in [3.63, 3.8) is 0 Å². The van der Waals surface area contributed by atoms with Crippen LogP contribution in [0.15, 0.2) is 24.3 Å². The molecule has 1 rings (SSSR count). The van der Waals surface area contributed by atoms with Crippen molar-refractivity contribution in [3.8, 4) is 0 Å². The quantitative estimate of drug-likeness (QED) is 0.799. The lowest BCUT2D eigenvalue weighted by Crippen LogP contribution is -2.29. The van der Waals surface area contributed by atoms with Crippen LogP contribution in [0.25, 0.3) is 0 Å². The van der Waals surface area contributed by atoms with Crippen molar-refractivity contribution in [1.29, 1.82) is 0 Å². The van der Waals surface area contributed by atoms with Crippen LogP contribution in [-0.2, 0) is 15.7 Å². The third kappa shape index (κ3) is 4.25. The average molecular weight is 289 g/mol. The molecular formula is C13H14F3NO3. The molecule has 0 aromatic heterocycles. The summed E-state index contributed by atoms with van der Waals surface area (Å²) in [6.45, 7) is 0.0712. The number of rotatable bonds is 4. The average Bonchev–Trinajstić information content (AvgIpc) is 2.42. The molecule has 0 saturated carbocycles. The van der Waals surface area contributed by atoms with Gasteiger partial charge in [0.15, 0.2) is 0 Å². The minimum Gasteiger partial charge on any atom is -0.469 e. The molecule has 1 amide bonds. The molecule has 0 fully saturated rings. The molecule has 0 radical (unpaired) electrons. The van der Waals surface area contributed by atoms with Crippen molar-refractivity contribution >= 4 is 11.9 Å². The summed E-state index contributed by atoms with van der Waals surface area (Å²) >= 11 is 0. The Kier molecular flexibility index (Phi) is 5.12. The Bertz CT molecular complexity index is 500. The highest BCUT2D eigenvalue weighted by molar-refractivity contribution is 5.94. The van der Waals surface area contributed by atoms with E-state index in [1.54, 1.807) is 0 Å². The van der Waals surface area contributed by atoms with E-state index >= 15 is 0 Å². The summed E-state index contributed by atoms with van der Waals surface area (Å²) in [5.74, 6) is -1.08. The summed E-state index contributed by atoms with van der Waals surface area (Å²) < 4.78 is 42.1. The number of benzene rings is 1. The Morgan fingerprint density at radius 2 is 1.95 bits per heavy atom. The van der Waals surface area contributed by atoms with E-state index in [0.717, 1.165) is 12.1 Å². The van der Waals surface area contributed by atoms with Gasteiger partial charge in [-0.2, -0.15) is 13.2 Å². The summed E-state index contributed by atoms with van der Waals surface area (Å²) in [5, 5.41) is 0. The number of alkyl halides is 3. The number of amides is 1. The van der Waals surface area contributed by atoms with Gasteiger partial charge in [0.2, 0.25) is 0 Å². The van der Waals surface area contributed by atoms with E-state index in [2.05, 4.69) is 4.74 Å². The van der Waals surface area contributed by atoms with Gasteiger partial charge in [0.25, 0.3) is 5.91 Å². The van der Waals surface area contributed by atoms with Gasteiger partial charge in [0.05, 0.1) is 19.1 Å². The van der Waals surface area contributed by atoms with Crippen LogP contribution in [0.4, 0.5) is 13.2 Å². The van der Waals surface area contributed by atoms with Gasteiger partial charge in [-0.15, -0.1) is 0 Å². The third-order valence-electron chi connectivity index (χ3n) is 2.66. The first kappa shape index (κ1) is 16.0. The number of hydrogen-bond donors (Lipinski definition) is 0. The highest BCUT2D eigenvalue weighted by Gasteiger charge is 2.31. The van der Waals surface area contributed by atoms with E-state index in [9.17, 15) is 22.8 Å². The second kappa shape index (κ2) is 6.40. The fourth-order valence-corrected chi connectivity index (χ4v) is 1.51. The Morgan fingerprint density at radius 3 is 2.50 bits per heavy atom. The number of methoxy groups -OCH3 is 1. The maximum atomic E-state index is 12.5. The van der Waals surface area contributed by atoms with Crippen LogP contribution in [0, 0.1) is 0 Å². The molecule has 0 bridgehead atoms. The molecular weight excluding hydrogens is 275 g/mol. The molecule has 1 aromatic carbocycles. The number of carbonyl (C=O) groups excluding carboxylic acids is 2. The predicted octanol–water partition coefficient (Wildman–Crippen LogP) is 2.34. The van der Waals surface area contributed by atoms with E-state index < -0.39 is 23.6 Å². The van der Waals surface area contributed by atoms with Crippen LogP contribution in [0.3, 0.4) is 0 Å². The monoisotopic (exact) mass is 289 g/mol. The lowest BCUT2D eigenvalue weighted by Gasteiger charge is -2.17. The van der Waals surface area contributed by atoms with Crippen LogP contribution in [-0.4, -0.2) is 37.5 Å². The standard InChI is InChI=1S/C13H14F3NO3/c1-17(7-6-11(18)20-2)12(19)9-4-3-5-10(8-9)13(14,15)16/h3-5,8H,6-7H2,1-2H3. The molecule has 20 heavy (non-hydrogen) atoms. The minimum atomic E-state index is -4.50. The number of esters is 1. The zero-order valence-corrected chi connectivity index (χ0v) is 11.0. The van der Waals surface area contributed by atoms with E-state index in [0.29, 0.717) is 0 Å². The molecule has 0 unspecified atom stereocenters. The van der Waals surface area contributed by atoms with Gasteiger partial charge in [-0.3, -0.25) is 9.59 Å². The maximum Gasteiger partial charge on any atom is 0.416 e. The van der Waals surface area contributed by atoms with E-state index in [-0.39, 0.29) is 18.5 Å². The van der Waals surface area contributed by atoms with Gasteiger partial charge in [0, 0.05) is 19.2 Å². The van der Waals surface area contributed by atoms with Crippen LogP contribution in [0.5, 0.6) is 0 Å². The van der Waals surface area contributed by atoms with Crippen molar-refractivity contribution < 1.29 is 27.5 Å². The summed E-state index contributed by atoms with van der Waals surface area (Å²) in [7, 11) is 2.63. The highest BCUT2D eigenvalue weighted by atomic mass is 19.4. The summed E-state index contributed by atoms with van der Waals surface area (Å²) in [4.78, 5) is 24.1. The van der Waals surface area contributed by atoms with Crippen molar-refractivity contribution in [2.45, 2.75) is 12.6 Å². The number of nitrogens with zero attached hydrogens (tertiary/aromatic N) is 1. The maximum absolute atomic E-state index is 12.5. The normalized spacial score (nSPS) is 11.1. The number of carbonyl (C=O) groups is 2. The molecule has 0 saturated heterocycles. The summed E-state index contributed by atoms with van der Waals surface area (Å²) in [6.07, 6.45) is -4.52. The van der Waals surface area contributed by atoms with Gasteiger partial charge in [-0.25, -0.2) is 0 Å². The smallest absolute Gasteiger partial charge is 0.416 e. The number of ether oxygens (including phenoxy) is 1. The Hall–Kier alpha value is -2.05. The molecule has 0 aliphatic carbocycles. The zero-order valence-electron chi connectivity index (χ0n) is 11.0. The van der Waals surface area contributed by atoms with Crippen LogP contribution in [0.2, 0.25) is 0 Å². The molecule has 0 N–H and O–H groups in total. The fraction of sp³-hybridized carbons (Fsp3) is 0.385. The Balaban J connectivity index is 2.79. The first-order valence-electron chi connectivity index (χ1n) is 5.75. The molecule has 0 atom stereocenters.